The van der Waals surface area contributed by atoms with Crippen LogP contribution in [0.4, 0.5) is 4.39 Å². The third-order valence-electron chi connectivity index (χ3n) is 4.46. The molecule has 0 amide bonds. The van der Waals surface area contributed by atoms with E-state index in [4.69, 9.17) is 16.3 Å². The van der Waals surface area contributed by atoms with Crippen LogP contribution in [0.15, 0.2) is 42.6 Å². The lowest BCUT2D eigenvalue weighted by Crippen LogP contribution is -2.15. The Morgan fingerprint density at radius 3 is 2.57 bits per heavy atom. The summed E-state index contributed by atoms with van der Waals surface area (Å²) in [5.41, 5.74) is 3.08. The molecule has 5 nitrogen and oxygen atoms in total. The first kappa shape index (κ1) is 19.8. The maximum Gasteiger partial charge on any atom is 0.341 e. The molecule has 2 aromatic heterocycles. The number of hydrogen-bond donors (Lipinski definition) is 0. The van der Waals surface area contributed by atoms with Crippen LogP contribution in [-0.2, 0) is 4.74 Å². The Labute approximate surface area is 166 Å². The Bertz CT molecular complexity index is 1080. The number of hydrogen-bond acceptors (Lipinski definition) is 4. The number of halogens is 2. The summed E-state index contributed by atoms with van der Waals surface area (Å²) in [4.78, 5) is 28.5. The zero-order valence-corrected chi connectivity index (χ0v) is 16.4. The number of pyridine rings is 1. The van der Waals surface area contributed by atoms with Crippen LogP contribution in [0.25, 0.3) is 5.69 Å². The highest BCUT2D eigenvalue weighted by molar-refractivity contribution is 6.32. The minimum Gasteiger partial charge on any atom is -0.454 e. The molecule has 1 aromatic carbocycles. The first-order valence-electron chi connectivity index (χ1n) is 8.56. The maximum atomic E-state index is 13.9. The minimum atomic E-state index is -0.721. The van der Waals surface area contributed by atoms with E-state index >= 15 is 0 Å². The Hall–Kier alpha value is -2.99. The maximum absolute atomic E-state index is 13.9. The molecule has 0 saturated carbocycles. The van der Waals surface area contributed by atoms with Crippen LogP contribution in [-0.4, -0.2) is 27.9 Å². The average Bonchev–Trinajstić information content (AvgIpc) is 2.96. The van der Waals surface area contributed by atoms with E-state index in [2.05, 4.69) is 4.98 Å². The van der Waals surface area contributed by atoms with E-state index in [9.17, 15) is 14.0 Å². The van der Waals surface area contributed by atoms with Gasteiger partial charge in [0.05, 0.1) is 5.56 Å². The number of aromatic nitrogens is 2. The van der Waals surface area contributed by atoms with Crippen molar-refractivity contribution in [3.63, 3.8) is 0 Å². The zero-order valence-electron chi connectivity index (χ0n) is 15.6. The van der Waals surface area contributed by atoms with E-state index in [1.165, 1.54) is 18.3 Å². The molecule has 3 rings (SSSR count). The fraction of sp³-hybridized carbons (Fsp3) is 0.190. The monoisotopic (exact) mass is 400 g/mol. The van der Waals surface area contributed by atoms with Crippen molar-refractivity contribution in [2.75, 3.05) is 6.61 Å². The number of carbonyl (C=O) groups is 2. The second-order valence-electron chi connectivity index (χ2n) is 6.39. The van der Waals surface area contributed by atoms with Crippen LogP contribution in [0, 0.1) is 26.6 Å². The van der Waals surface area contributed by atoms with Gasteiger partial charge in [-0.25, -0.2) is 14.2 Å². The molecule has 3 aromatic rings. The highest BCUT2D eigenvalue weighted by Crippen LogP contribution is 2.23. The quantitative estimate of drug-likeness (QED) is 0.356. The third kappa shape index (κ3) is 3.82. The lowest BCUT2D eigenvalue weighted by molar-refractivity contribution is 0.0474. The topological polar surface area (TPSA) is 61.2 Å². The fourth-order valence-electron chi connectivity index (χ4n) is 2.99. The van der Waals surface area contributed by atoms with Gasteiger partial charge in [-0.15, -0.1) is 0 Å². The predicted molar refractivity (Wildman–Crippen MR) is 104 cm³/mol. The Morgan fingerprint density at radius 2 is 1.89 bits per heavy atom. The highest BCUT2D eigenvalue weighted by Gasteiger charge is 2.20. The number of rotatable bonds is 5. The second-order valence-corrected chi connectivity index (χ2v) is 6.75. The molecule has 0 spiro atoms. The molecule has 0 atom stereocenters. The van der Waals surface area contributed by atoms with Gasteiger partial charge in [-0.05, 0) is 56.7 Å². The lowest BCUT2D eigenvalue weighted by Gasteiger charge is -2.11. The van der Waals surface area contributed by atoms with Crippen molar-refractivity contribution in [1.29, 1.82) is 0 Å². The van der Waals surface area contributed by atoms with Gasteiger partial charge in [0.25, 0.3) is 0 Å². The first-order valence-corrected chi connectivity index (χ1v) is 8.93. The van der Waals surface area contributed by atoms with E-state index in [0.717, 1.165) is 5.69 Å². The number of carbonyl (C=O) groups excluding carboxylic acids is 2. The third-order valence-corrected chi connectivity index (χ3v) is 4.76. The van der Waals surface area contributed by atoms with Gasteiger partial charge in [-0.1, -0.05) is 17.7 Å². The van der Waals surface area contributed by atoms with Crippen LogP contribution in [0.3, 0.4) is 0 Å². The summed E-state index contributed by atoms with van der Waals surface area (Å²) < 4.78 is 20.8. The fourth-order valence-corrected chi connectivity index (χ4v) is 3.18. The number of Topliss-reactive ketones (excluding diaryl/α,β-unsaturated/α-hetero) is 1. The Kier molecular flexibility index (Phi) is 5.61. The van der Waals surface area contributed by atoms with Gasteiger partial charge in [0.1, 0.15) is 11.0 Å². The van der Waals surface area contributed by atoms with Gasteiger partial charge < -0.3 is 9.30 Å². The molecule has 144 valence electrons. The molecule has 0 radical (unpaired) electrons. The molecule has 0 bridgehead atoms. The summed E-state index contributed by atoms with van der Waals surface area (Å²) in [6, 6.07) is 9.62. The number of esters is 1. The predicted octanol–water partition coefficient (Wildman–Crippen LogP) is 4.63. The molecule has 0 aliphatic heterocycles. The van der Waals surface area contributed by atoms with Crippen molar-refractivity contribution < 1.29 is 18.7 Å². The van der Waals surface area contributed by atoms with Gasteiger partial charge >= 0.3 is 5.97 Å². The van der Waals surface area contributed by atoms with Gasteiger partial charge in [0.15, 0.2) is 6.61 Å². The number of aryl methyl sites for hydroxylation is 2. The summed E-state index contributed by atoms with van der Waals surface area (Å²) in [6.45, 7) is 4.84. The van der Waals surface area contributed by atoms with E-state index in [0.29, 0.717) is 22.5 Å². The van der Waals surface area contributed by atoms with Gasteiger partial charge in [0, 0.05) is 28.8 Å². The van der Waals surface area contributed by atoms with Gasteiger partial charge in [-0.2, -0.15) is 0 Å². The largest absolute Gasteiger partial charge is 0.454 e. The number of nitrogens with zero attached hydrogens (tertiary/aromatic N) is 2. The molecule has 7 heteroatoms. The molecule has 0 aliphatic carbocycles. The van der Waals surface area contributed by atoms with Crippen LogP contribution in [0.2, 0.25) is 5.15 Å². The van der Waals surface area contributed by atoms with E-state index in [1.807, 2.05) is 6.92 Å². The summed E-state index contributed by atoms with van der Waals surface area (Å²) in [6.07, 6.45) is 1.45. The molecule has 0 N–H and O–H groups in total. The van der Waals surface area contributed by atoms with Crippen LogP contribution >= 0.6 is 11.6 Å². The smallest absolute Gasteiger partial charge is 0.341 e. The standard InChI is InChI=1S/C21H18ClFN2O3/c1-12-6-7-15(10-18(12)23)25-13(2)9-17(14(25)3)19(26)11-28-21(27)16-5-4-8-24-20(16)22/h4-10H,11H2,1-3H3. The van der Waals surface area contributed by atoms with Crippen molar-refractivity contribution in [3.05, 3.63) is 81.6 Å². The van der Waals surface area contributed by atoms with Gasteiger partial charge in [0.2, 0.25) is 5.78 Å². The molecule has 0 unspecified atom stereocenters. The molecule has 28 heavy (non-hydrogen) atoms. The molecule has 0 aliphatic rings. The Balaban J connectivity index is 1.80. The summed E-state index contributed by atoms with van der Waals surface area (Å²) in [7, 11) is 0. The van der Waals surface area contributed by atoms with Gasteiger partial charge in [-0.3, -0.25) is 4.79 Å². The molecular formula is C21H18ClFN2O3. The number of ketones is 1. The van der Waals surface area contributed by atoms with Crippen molar-refractivity contribution in [2.24, 2.45) is 0 Å². The van der Waals surface area contributed by atoms with E-state index in [-0.39, 0.29) is 22.3 Å². The van der Waals surface area contributed by atoms with E-state index < -0.39 is 12.6 Å². The zero-order chi connectivity index (χ0) is 20.4. The minimum absolute atomic E-state index is 0.0134. The summed E-state index contributed by atoms with van der Waals surface area (Å²) in [5, 5.41) is 0.0134. The second kappa shape index (κ2) is 7.94. The van der Waals surface area contributed by atoms with Crippen LogP contribution in [0.5, 0.6) is 0 Å². The van der Waals surface area contributed by atoms with Crippen molar-refractivity contribution in [2.45, 2.75) is 20.8 Å². The van der Waals surface area contributed by atoms with Crippen LogP contribution in [0.1, 0.15) is 37.7 Å². The van der Waals surface area contributed by atoms with Crippen molar-refractivity contribution in [3.8, 4) is 5.69 Å². The molecular weight excluding hydrogens is 383 g/mol. The number of ether oxygens (including phenoxy) is 1. The number of benzene rings is 1. The van der Waals surface area contributed by atoms with Crippen molar-refractivity contribution >= 4 is 23.4 Å². The van der Waals surface area contributed by atoms with Crippen molar-refractivity contribution in [1.82, 2.24) is 9.55 Å². The summed E-state index contributed by atoms with van der Waals surface area (Å²) in [5.74, 6) is -1.40. The molecule has 0 fully saturated rings. The molecule has 0 saturated heterocycles. The van der Waals surface area contributed by atoms with E-state index in [1.54, 1.807) is 42.7 Å². The lowest BCUT2D eigenvalue weighted by atomic mass is 10.1. The summed E-state index contributed by atoms with van der Waals surface area (Å²) >= 11 is 5.86. The SMILES string of the molecule is Cc1ccc(-n2c(C)cc(C(=O)COC(=O)c3cccnc3Cl)c2C)cc1F. The highest BCUT2D eigenvalue weighted by atomic mass is 35.5. The van der Waals surface area contributed by atoms with Crippen LogP contribution < -0.4 is 0 Å². The molecule has 2 heterocycles. The first-order chi connectivity index (χ1) is 13.3. The Morgan fingerprint density at radius 1 is 1.14 bits per heavy atom. The average molecular weight is 401 g/mol. The normalized spacial score (nSPS) is 10.8.